The molecule has 0 atom stereocenters. The number of aromatic nitrogens is 2. The maximum absolute atomic E-state index is 4.95. The fourth-order valence-electron chi connectivity index (χ4n) is 4.34. The zero-order valence-electron chi connectivity index (χ0n) is 22.6. The van der Waals surface area contributed by atoms with Crippen molar-refractivity contribution in [1.29, 1.82) is 0 Å². The Bertz CT molecular complexity index is 1010. The molecule has 36 heavy (non-hydrogen) atoms. The van der Waals surface area contributed by atoms with Crippen molar-refractivity contribution in [2.24, 2.45) is 20.0 Å². The third kappa shape index (κ3) is 9.92. The molecule has 0 saturated carbocycles. The molecule has 0 fully saturated rings. The summed E-state index contributed by atoms with van der Waals surface area (Å²) < 4.78 is 0. The van der Waals surface area contributed by atoms with Gasteiger partial charge >= 0.3 is 0 Å². The van der Waals surface area contributed by atoms with E-state index in [2.05, 4.69) is 27.7 Å². The molecular weight excluding hydrogens is 444 g/mol. The number of nitrogens with zero attached hydrogens (tertiary/aromatic N) is 6. The highest BCUT2D eigenvalue weighted by Crippen LogP contribution is 2.22. The molecule has 0 N–H and O–H groups in total. The highest BCUT2D eigenvalue weighted by molar-refractivity contribution is 6.05. The van der Waals surface area contributed by atoms with Gasteiger partial charge in [0.2, 0.25) is 0 Å². The number of aliphatic imine (C=N–C) groups is 4. The molecule has 3 rings (SSSR count). The Kier molecular flexibility index (Phi) is 11.6. The highest BCUT2D eigenvalue weighted by Gasteiger charge is 2.09. The molecule has 2 aromatic heterocycles. The molecule has 0 unspecified atom stereocenters. The van der Waals surface area contributed by atoms with Crippen LogP contribution in [0.4, 0.5) is 23.3 Å². The second-order valence-corrected chi connectivity index (χ2v) is 9.73. The van der Waals surface area contributed by atoms with Gasteiger partial charge in [0.05, 0.1) is 0 Å². The van der Waals surface area contributed by atoms with Crippen molar-refractivity contribution in [1.82, 2.24) is 9.97 Å². The lowest BCUT2D eigenvalue weighted by Crippen LogP contribution is -2.06. The summed E-state index contributed by atoms with van der Waals surface area (Å²) in [7, 11) is 0. The SMILES string of the molecule is CCCCCC/C1=N/c2cccc(n2)N=C(C)C/C(CCCCCC)=N\c2cccc(n2)N=C(C)C1. The Balaban J connectivity index is 1.96. The van der Waals surface area contributed by atoms with E-state index >= 15 is 0 Å². The van der Waals surface area contributed by atoms with Crippen LogP contribution in [0.2, 0.25) is 0 Å². The summed E-state index contributed by atoms with van der Waals surface area (Å²) in [6, 6.07) is 11.8. The van der Waals surface area contributed by atoms with Gasteiger partial charge in [0.15, 0.2) is 23.3 Å². The minimum Gasteiger partial charge on any atom is -0.238 e. The molecule has 2 aromatic rings. The van der Waals surface area contributed by atoms with Crippen LogP contribution in [0, 0.1) is 0 Å². The third-order valence-electron chi connectivity index (χ3n) is 6.15. The van der Waals surface area contributed by atoms with Crippen LogP contribution in [0.5, 0.6) is 0 Å². The van der Waals surface area contributed by atoms with Crippen LogP contribution in [0.25, 0.3) is 0 Å². The first-order valence-corrected chi connectivity index (χ1v) is 13.7. The molecule has 3 heterocycles. The molecule has 192 valence electrons. The van der Waals surface area contributed by atoms with E-state index in [9.17, 15) is 0 Å². The van der Waals surface area contributed by atoms with Gasteiger partial charge in [0.25, 0.3) is 0 Å². The van der Waals surface area contributed by atoms with Crippen LogP contribution in [0.15, 0.2) is 56.4 Å². The quantitative estimate of drug-likeness (QED) is 0.314. The Morgan fingerprint density at radius 1 is 0.528 bits per heavy atom. The first-order valence-electron chi connectivity index (χ1n) is 13.7. The molecule has 6 nitrogen and oxygen atoms in total. The Morgan fingerprint density at radius 2 is 0.917 bits per heavy atom. The lowest BCUT2D eigenvalue weighted by molar-refractivity contribution is 0.681. The van der Waals surface area contributed by atoms with E-state index in [-0.39, 0.29) is 0 Å². The number of hydrogen-bond donors (Lipinski definition) is 0. The highest BCUT2D eigenvalue weighted by atomic mass is 15.0. The first-order chi connectivity index (χ1) is 17.6. The molecule has 1 aliphatic heterocycles. The molecule has 4 bridgehead atoms. The van der Waals surface area contributed by atoms with E-state index < -0.39 is 0 Å². The monoisotopic (exact) mass is 486 g/mol. The van der Waals surface area contributed by atoms with Crippen molar-refractivity contribution in [3.63, 3.8) is 0 Å². The van der Waals surface area contributed by atoms with Crippen molar-refractivity contribution in [3.8, 4) is 0 Å². The predicted molar refractivity (Wildman–Crippen MR) is 155 cm³/mol. The van der Waals surface area contributed by atoms with Gasteiger partial charge in [-0.05, 0) is 63.8 Å². The summed E-state index contributed by atoms with van der Waals surface area (Å²) in [4.78, 5) is 29.0. The van der Waals surface area contributed by atoms with Crippen molar-refractivity contribution >= 4 is 46.1 Å². The average molecular weight is 487 g/mol. The zero-order chi connectivity index (χ0) is 25.6. The predicted octanol–water partition coefficient (Wildman–Crippen LogP) is 9.24. The molecule has 6 heteroatoms. The molecular formula is C30H42N6. The summed E-state index contributed by atoms with van der Waals surface area (Å²) in [6.07, 6.45) is 12.9. The summed E-state index contributed by atoms with van der Waals surface area (Å²) in [5.41, 5.74) is 4.20. The van der Waals surface area contributed by atoms with E-state index in [1.165, 1.54) is 38.5 Å². The maximum Gasteiger partial charge on any atom is 0.154 e. The minimum absolute atomic E-state index is 0.696. The Morgan fingerprint density at radius 3 is 1.31 bits per heavy atom. The second kappa shape index (κ2) is 15.2. The van der Waals surface area contributed by atoms with Gasteiger partial charge in [0, 0.05) is 35.7 Å². The second-order valence-electron chi connectivity index (χ2n) is 9.73. The van der Waals surface area contributed by atoms with Gasteiger partial charge in [-0.1, -0.05) is 64.5 Å². The summed E-state index contributed by atoms with van der Waals surface area (Å²) in [6.45, 7) is 8.58. The number of hydrogen-bond acceptors (Lipinski definition) is 6. The summed E-state index contributed by atoms with van der Waals surface area (Å²) in [5.74, 6) is 2.81. The maximum atomic E-state index is 4.95. The molecule has 1 aliphatic rings. The lowest BCUT2D eigenvalue weighted by Gasteiger charge is -2.09. The third-order valence-corrected chi connectivity index (χ3v) is 6.15. The van der Waals surface area contributed by atoms with Crippen molar-refractivity contribution in [2.75, 3.05) is 0 Å². The Labute approximate surface area is 217 Å². The van der Waals surface area contributed by atoms with E-state index in [1.54, 1.807) is 0 Å². The lowest BCUT2D eigenvalue weighted by atomic mass is 10.1. The molecule has 0 amide bonds. The van der Waals surface area contributed by atoms with Gasteiger partial charge in [0.1, 0.15) is 0 Å². The minimum atomic E-state index is 0.696. The van der Waals surface area contributed by atoms with Crippen molar-refractivity contribution in [3.05, 3.63) is 36.4 Å². The number of fused-ring (bicyclic) bond motifs is 4. The van der Waals surface area contributed by atoms with Crippen LogP contribution < -0.4 is 0 Å². The summed E-state index contributed by atoms with van der Waals surface area (Å²) >= 11 is 0. The fraction of sp³-hybridized carbons (Fsp3) is 0.533. The van der Waals surface area contributed by atoms with Gasteiger partial charge < -0.3 is 0 Å². The van der Waals surface area contributed by atoms with Crippen LogP contribution in [0.3, 0.4) is 0 Å². The number of unbranched alkanes of at least 4 members (excludes halogenated alkanes) is 6. The molecule has 0 radical (unpaired) electrons. The average Bonchev–Trinajstić information content (AvgIpc) is 2.84. The Hall–Kier alpha value is -3.02. The van der Waals surface area contributed by atoms with E-state index in [4.69, 9.17) is 29.9 Å². The standard InChI is InChI=1S/C30H42N6/c1-5-7-9-11-15-25-21-23(3)31-27-18-14-20-30(36-27)34-26(16-12-10-8-6-2)22-24(4)32-28-17-13-19-29(33-25)35-28/h13-14,17-20H,5-12,15-16,21-22H2,1-4H3/b31-23?,32-24?,33-25-,34-26-. The van der Waals surface area contributed by atoms with Crippen LogP contribution in [-0.2, 0) is 0 Å². The van der Waals surface area contributed by atoms with E-state index in [0.717, 1.165) is 48.5 Å². The van der Waals surface area contributed by atoms with Gasteiger partial charge in [-0.2, -0.15) is 0 Å². The first kappa shape index (κ1) is 27.6. The fourth-order valence-corrected chi connectivity index (χ4v) is 4.34. The number of pyridine rings is 2. The van der Waals surface area contributed by atoms with E-state index in [0.29, 0.717) is 36.1 Å². The van der Waals surface area contributed by atoms with Crippen molar-refractivity contribution in [2.45, 2.75) is 105 Å². The topological polar surface area (TPSA) is 75.2 Å². The summed E-state index contributed by atoms with van der Waals surface area (Å²) in [5, 5.41) is 0. The van der Waals surface area contributed by atoms with Gasteiger partial charge in [-0.25, -0.2) is 29.9 Å². The molecule has 0 aromatic carbocycles. The largest absolute Gasteiger partial charge is 0.238 e. The number of rotatable bonds is 10. The molecule has 0 aliphatic carbocycles. The van der Waals surface area contributed by atoms with Crippen LogP contribution in [-0.4, -0.2) is 32.8 Å². The molecule has 0 spiro atoms. The van der Waals surface area contributed by atoms with Crippen LogP contribution >= 0.6 is 0 Å². The smallest absolute Gasteiger partial charge is 0.154 e. The van der Waals surface area contributed by atoms with Crippen molar-refractivity contribution < 1.29 is 0 Å². The van der Waals surface area contributed by atoms with E-state index in [1.807, 2.05) is 36.4 Å². The normalized spacial score (nSPS) is 17.4. The van der Waals surface area contributed by atoms with Gasteiger partial charge in [-0.3, -0.25) is 0 Å². The zero-order valence-corrected chi connectivity index (χ0v) is 22.6. The van der Waals surface area contributed by atoms with Gasteiger partial charge in [-0.15, -0.1) is 0 Å². The molecule has 0 saturated heterocycles. The van der Waals surface area contributed by atoms with Crippen LogP contribution in [0.1, 0.15) is 105 Å².